The number of aldehydes is 1. The van der Waals surface area contributed by atoms with E-state index in [2.05, 4.69) is 64.8 Å². The number of hydrogen-bond acceptors (Lipinski definition) is 30. The van der Waals surface area contributed by atoms with Gasteiger partial charge in [0.15, 0.2) is 37.2 Å². The monoisotopic (exact) mass is 1190 g/mol. The zero-order valence-electron chi connectivity index (χ0n) is 43.1. The third-order valence-electron chi connectivity index (χ3n) is 8.22. The SMILES string of the molecule is CC=Cc1cnc(SC)nc1N.CCOC(=O)c1cnc(SC)nc1Cl.CCOC(=O)c1cnc(SC)nc1N.CSc1ncc(C=O)c(N)n1.CSc1ncc(CO)c(N)n1.CSc1ncc2ccc(=O)[nH]c2n1.N.O. The van der Waals surface area contributed by atoms with Gasteiger partial charge in [0.05, 0.1) is 25.4 Å². The second-order valence-electron chi connectivity index (χ2n) is 13.1. The number of pyridine rings is 1. The van der Waals surface area contributed by atoms with Gasteiger partial charge in [-0.05, 0) is 64.4 Å². The summed E-state index contributed by atoms with van der Waals surface area (Å²) in [5.74, 6) is 0.296. The van der Waals surface area contributed by atoms with E-state index in [-0.39, 0.29) is 51.7 Å². The summed E-state index contributed by atoms with van der Waals surface area (Å²) in [7, 11) is 0. The number of aliphatic hydroxyl groups is 1. The molecule has 0 aliphatic rings. The second kappa shape index (κ2) is 39.0. The lowest BCUT2D eigenvalue weighted by Crippen LogP contribution is -2.10. The molecule has 15 N–H and O–H groups in total. The van der Waals surface area contributed by atoms with Gasteiger partial charge >= 0.3 is 11.9 Å². The summed E-state index contributed by atoms with van der Waals surface area (Å²) in [6, 6.07) is 3.17. The quantitative estimate of drug-likeness (QED) is 0.0227. The van der Waals surface area contributed by atoms with Crippen LogP contribution in [0, 0.1) is 0 Å². The Hall–Kier alpha value is -6.49. The van der Waals surface area contributed by atoms with Crippen LogP contribution < -0.4 is 34.6 Å². The molecule has 33 heteroatoms. The molecule has 0 aliphatic heterocycles. The van der Waals surface area contributed by atoms with E-state index in [9.17, 15) is 19.2 Å². The number of thioether (sulfide) groups is 6. The first-order chi connectivity index (χ1) is 36.0. The number of aromatic nitrogens is 13. The number of nitrogens with zero attached hydrogens (tertiary/aromatic N) is 12. The lowest BCUT2D eigenvalue weighted by molar-refractivity contribution is 0.0516. The van der Waals surface area contributed by atoms with Crippen LogP contribution in [0.5, 0.6) is 0 Å². The predicted molar refractivity (Wildman–Crippen MR) is 310 cm³/mol. The van der Waals surface area contributed by atoms with E-state index in [1.165, 1.54) is 101 Å². The Balaban J connectivity index is 0.000000898. The number of allylic oxidation sites excluding steroid dienone is 1. The van der Waals surface area contributed by atoms with Gasteiger partial charge in [0.1, 0.15) is 45.2 Å². The Labute approximate surface area is 473 Å². The van der Waals surface area contributed by atoms with E-state index in [1.807, 2.05) is 56.6 Å². The minimum atomic E-state index is -0.495. The molecule has 26 nitrogen and oxygen atoms in total. The molecular weight excluding hydrogens is 1140 g/mol. The molecular formula is C44H59ClN18O8S6. The van der Waals surface area contributed by atoms with Crippen molar-refractivity contribution in [1.29, 1.82) is 0 Å². The van der Waals surface area contributed by atoms with E-state index in [0.29, 0.717) is 78.8 Å². The number of carbonyl (C=O) groups is 3. The first-order valence-electron chi connectivity index (χ1n) is 21.1. The average Bonchev–Trinajstić information content (AvgIpc) is 3.42. The number of rotatable bonds is 13. The molecule has 0 saturated heterocycles. The number of fused-ring (bicyclic) bond motifs is 1. The second-order valence-corrected chi connectivity index (χ2v) is 18.1. The number of nitrogens with one attached hydrogen (secondary N) is 1. The predicted octanol–water partition coefficient (Wildman–Crippen LogP) is 6.04. The molecule has 416 valence electrons. The molecule has 77 heavy (non-hydrogen) atoms. The summed E-state index contributed by atoms with van der Waals surface area (Å²) >= 11 is 14.2. The Kier molecular flexibility index (Phi) is 35.7. The first kappa shape index (κ1) is 70.5. The van der Waals surface area contributed by atoms with Gasteiger partial charge < -0.3 is 54.1 Å². The number of hydrogen-bond donors (Lipinski definition) is 7. The van der Waals surface area contributed by atoms with Crippen molar-refractivity contribution in [2.24, 2.45) is 0 Å². The molecule has 7 aromatic rings. The maximum Gasteiger partial charge on any atom is 0.343 e. The summed E-state index contributed by atoms with van der Waals surface area (Å²) in [6.07, 6.45) is 24.8. The highest BCUT2D eigenvalue weighted by Crippen LogP contribution is 2.19. The largest absolute Gasteiger partial charge is 0.462 e. The van der Waals surface area contributed by atoms with Gasteiger partial charge in [0, 0.05) is 59.8 Å². The fourth-order valence-electron chi connectivity index (χ4n) is 4.65. The van der Waals surface area contributed by atoms with E-state index < -0.39 is 11.9 Å². The lowest BCUT2D eigenvalue weighted by atomic mass is 10.3. The zero-order valence-corrected chi connectivity index (χ0v) is 48.7. The smallest absolute Gasteiger partial charge is 0.343 e. The van der Waals surface area contributed by atoms with Crippen LogP contribution in [0.2, 0.25) is 5.15 Å². The van der Waals surface area contributed by atoms with Gasteiger partial charge in [0.2, 0.25) is 5.56 Å². The zero-order chi connectivity index (χ0) is 55.9. The fraction of sp³-hybridized carbons (Fsp3) is 0.273. The van der Waals surface area contributed by atoms with Crippen molar-refractivity contribution in [2.45, 2.75) is 58.3 Å². The molecule has 0 amide bonds. The van der Waals surface area contributed by atoms with Gasteiger partial charge in [-0.15, -0.1) is 0 Å². The van der Waals surface area contributed by atoms with Crippen LogP contribution in [0.4, 0.5) is 23.3 Å². The molecule has 0 aliphatic carbocycles. The highest BCUT2D eigenvalue weighted by molar-refractivity contribution is 7.99. The molecule has 0 spiro atoms. The van der Waals surface area contributed by atoms with Gasteiger partial charge in [-0.3, -0.25) is 9.59 Å². The normalized spacial score (nSPS) is 9.86. The van der Waals surface area contributed by atoms with E-state index in [1.54, 1.807) is 32.3 Å². The van der Waals surface area contributed by atoms with Crippen molar-refractivity contribution in [3.8, 4) is 0 Å². The summed E-state index contributed by atoms with van der Waals surface area (Å²) in [5, 5.41) is 13.3. The van der Waals surface area contributed by atoms with Crippen molar-refractivity contribution in [3.63, 3.8) is 0 Å². The molecule has 0 unspecified atom stereocenters. The molecule has 0 bridgehead atoms. The van der Waals surface area contributed by atoms with Crippen LogP contribution in [0.25, 0.3) is 17.1 Å². The number of esters is 2. The molecule has 7 heterocycles. The minimum absolute atomic E-state index is 0. The number of halogens is 1. The van der Waals surface area contributed by atoms with Crippen LogP contribution in [0.1, 0.15) is 63.0 Å². The summed E-state index contributed by atoms with van der Waals surface area (Å²) in [4.78, 5) is 94.1. The number of nitrogen functional groups attached to an aromatic ring is 4. The van der Waals surface area contributed by atoms with Gasteiger partial charge in [0.25, 0.3) is 0 Å². The fourth-order valence-corrected chi connectivity index (χ4v) is 6.97. The highest BCUT2D eigenvalue weighted by Gasteiger charge is 2.15. The Morgan fingerprint density at radius 2 is 1.03 bits per heavy atom. The van der Waals surface area contributed by atoms with Crippen molar-refractivity contribution >= 4 is 141 Å². The van der Waals surface area contributed by atoms with Crippen molar-refractivity contribution in [3.05, 3.63) is 98.7 Å². The molecule has 0 saturated carbocycles. The minimum Gasteiger partial charge on any atom is -0.462 e. The van der Waals surface area contributed by atoms with Gasteiger partial charge in [-0.25, -0.2) is 69.4 Å². The molecule has 7 aromatic heterocycles. The molecule has 0 atom stereocenters. The van der Waals surface area contributed by atoms with Crippen LogP contribution in [0.3, 0.4) is 0 Å². The molecule has 7 rings (SSSR count). The number of aromatic amines is 1. The number of nitrogens with two attached hydrogens (primary N) is 4. The summed E-state index contributed by atoms with van der Waals surface area (Å²) in [5.41, 5.74) is 24.8. The standard InChI is InChI=1S/C8H9ClN2O2S.C8H11N3O2S.C8H7N3OS.C8H11N3S.C6H9N3OS.C6H7N3OS.H3N.H2O/c2*1-3-13-7(12)5-4-10-8(14-2)11-6(5)9;1-13-8-9-4-5-2-3-6(12)10-7(5)11-8;1-3-4-6-5-10-8(12-2)11-7(6)9;2*1-11-6-8-2-4(3-10)5(7)9-6;;/h4H,3H2,1-2H3;4H,3H2,1-2H3,(H2,9,10,11);2-4H,1H3,(H,9,10,11,12);3-5H,1-2H3,(H2,9,10,11);2,10H,3H2,1H3,(H2,7,8,9);2-3H,1H3,(H2,7,8,9);1H3;1H2. The average molecular weight is 1200 g/mol. The first-order valence-corrected chi connectivity index (χ1v) is 28.9. The molecule has 0 aromatic carbocycles. The maximum atomic E-state index is 11.3. The number of H-pyrrole nitrogens is 1. The van der Waals surface area contributed by atoms with Crippen molar-refractivity contribution in [2.75, 3.05) is 73.7 Å². The maximum absolute atomic E-state index is 11.3. The Morgan fingerprint density at radius 1 is 0.610 bits per heavy atom. The van der Waals surface area contributed by atoms with Crippen molar-refractivity contribution in [1.82, 2.24) is 70.9 Å². The summed E-state index contributed by atoms with van der Waals surface area (Å²) in [6.45, 7) is 5.89. The number of carbonyl (C=O) groups excluding carboxylic acids is 3. The van der Waals surface area contributed by atoms with Crippen molar-refractivity contribution < 1.29 is 34.4 Å². The number of aliphatic hydroxyl groups excluding tert-OH is 1. The highest BCUT2D eigenvalue weighted by atomic mass is 35.5. The van der Waals surface area contributed by atoms with Gasteiger partial charge in [-0.1, -0.05) is 94.3 Å². The number of ether oxygens (including phenoxy) is 2. The Morgan fingerprint density at radius 3 is 1.45 bits per heavy atom. The third kappa shape index (κ3) is 24.6. The van der Waals surface area contributed by atoms with Crippen LogP contribution in [-0.2, 0) is 16.1 Å². The molecule has 0 radical (unpaired) electrons. The van der Waals surface area contributed by atoms with E-state index >= 15 is 0 Å². The van der Waals surface area contributed by atoms with E-state index in [4.69, 9.17) is 49.1 Å². The topological polar surface area (TPSA) is 448 Å². The molecule has 0 fully saturated rings. The Bertz CT molecular complexity index is 2980. The third-order valence-corrected chi connectivity index (χ3v) is 11.9. The van der Waals surface area contributed by atoms with Crippen LogP contribution >= 0.6 is 82.2 Å². The lowest BCUT2D eigenvalue weighted by Gasteiger charge is -2.04. The van der Waals surface area contributed by atoms with Crippen LogP contribution in [0.15, 0.2) is 91.1 Å². The van der Waals surface area contributed by atoms with E-state index in [0.717, 1.165) is 10.9 Å². The number of anilines is 4. The van der Waals surface area contributed by atoms with Gasteiger partial charge in [-0.2, -0.15) is 0 Å². The summed E-state index contributed by atoms with van der Waals surface area (Å²) < 4.78 is 9.55. The van der Waals surface area contributed by atoms with Crippen LogP contribution in [-0.4, -0.2) is 144 Å².